The molecule has 0 saturated heterocycles. The predicted octanol–water partition coefficient (Wildman–Crippen LogP) is 2.38. The zero-order chi connectivity index (χ0) is 11.8. The van der Waals surface area contributed by atoms with Gasteiger partial charge in [0.15, 0.2) is 0 Å². The SMILES string of the molecule is CCN1CCc2cc(CC(C)(C)O)ccc21. The molecule has 16 heavy (non-hydrogen) atoms. The van der Waals surface area contributed by atoms with Crippen molar-refractivity contribution in [2.45, 2.75) is 39.2 Å². The standard InChI is InChI=1S/C14H21NO/c1-4-15-8-7-12-9-11(5-6-13(12)15)10-14(2,3)16/h5-6,9,16H,4,7-8,10H2,1-3H3. The summed E-state index contributed by atoms with van der Waals surface area (Å²) in [6, 6.07) is 6.60. The van der Waals surface area contributed by atoms with E-state index in [1.165, 1.54) is 16.8 Å². The molecule has 0 spiro atoms. The Hall–Kier alpha value is -1.02. The first kappa shape index (κ1) is 11.5. The first-order chi connectivity index (χ1) is 7.49. The molecule has 1 aromatic rings. The van der Waals surface area contributed by atoms with Crippen molar-refractivity contribution in [3.05, 3.63) is 29.3 Å². The van der Waals surface area contributed by atoms with Crippen LogP contribution in [-0.4, -0.2) is 23.8 Å². The summed E-state index contributed by atoms with van der Waals surface area (Å²) in [4.78, 5) is 2.41. The number of hydrogen-bond acceptors (Lipinski definition) is 2. The Morgan fingerprint density at radius 1 is 1.38 bits per heavy atom. The van der Waals surface area contributed by atoms with Gasteiger partial charge < -0.3 is 10.0 Å². The van der Waals surface area contributed by atoms with Gasteiger partial charge in [0.1, 0.15) is 0 Å². The maximum atomic E-state index is 9.81. The van der Waals surface area contributed by atoms with E-state index in [2.05, 4.69) is 30.0 Å². The van der Waals surface area contributed by atoms with Crippen LogP contribution < -0.4 is 4.90 Å². The number of likely N-dealkylation sites (N-methyl/N-ethyl adjacent to an activating group) is 1. The number of anilines is 1. The zero-order valence-electron chi connectivity index (χ0n) is 10.5. The molecule has 2 heteroatoms. The summed E-state index contributed by atoms with van der Waals surface area (Å²) >= 11 is 0. The number of nitrogens with zero attached hydrogens (tertiary/aromatic N) is 1. The Kier molecular flexibility index (Phi) is 2.94. The molecular weight excluding hydrogens is 198 g/mol. The Morgan fingerprint density at radius 3 is 2.75 bits per heavy atom. The number of hydrogen-bond donors (Lipinski definition) is 1. The van der Waals surface area contributed by atoms with Gasteiger partial charge in [-0.1, -0.05) is 12.1 Å². The van der Waals surface area contributed by atoms with E-state index in [1.807, 2.05) is 13.8 Å². The highest BCUT2D eigenvalue weighted by atomic mass is 16.3. The second kappa shape index (κ2) is 4.10. The van der Waals surface area contributed by atoms with Gasteiger partial charge in [0.2, 0.25) is 0 Å². The molecule has 88 valence electrons. The van der Waals surface area contributed by atoms with Crippen molar-refractivity contribution in [1.29, 1.82) is 0 Å². The van der Waals surface area contributed by atoms with E-state index in [1.54, 1.807) is 0 Å². The van der Waals surface area contributed by atoms with Gasteiger partial charge in [0.05, 0.1) is 5.60 Å². The normalized spacial score (nSPS) is 15.4. The number of rotatable bonds is 3. The second-order valence-corrected chi connectivity index (χ2v) is 5.28. The summed E-state index contributed by atoms with van der Waals surface area (Å²) in [6.07, 6.45) is 1.87. The fraction of sp³-hybridized carbons (Fsp3) is 0.571. The van der Waals surface area contributed by atoms with E-state index in [9.17, 15) is 5.11 Å². The number of fused-ring (bicyclic) bond motifs is 1. The van der Waals surface area contributed by atoms with Crippen molar-refractivity contribution in [3.63, 3.8) is 0 Å². The quantitative estimate of drug-likeness (QED) is 0.843. The summed E-state index contributed by atoms with van der Waals surface area (Å²) in [7, 11) is 0. The van der Waals surface area contributed by atoms with Gasteiger partial charge >= 0.3 is 0 Å². The molecule has 1 aliphatic rings. The molecular formula is C14H21NO. The third-order valence-electron chi connectivity index (χ3n) is 3.15. The summed E-state index contributed by atoms with van der Waals surface area (Å²) in [6.45, 7) is 8.13. The van der Waals surface area contributed by atoms with Crippen LogP contribution in [0.1, 0.15) is 31.9 Å². The lowest BCUT2D eigenvalue weighted by Gasteiger charge is -2.19. The zero-order valence-corrected chi connectivity index (χ0v) is 10.5. The molecule has 2 nitrogen and oxygen atoms in total. The van der Waals surface area contributed by atoms with Crippen molar-refractivity contribution >= 4 is 5.69 Å². The molecule has 1 N–H and O–H groups in total. The van der Waals surface area contributed by atoms with Crippen LogP contribution in [0.4, 0.5) is 5.69 Å². The van der Waals surface area contributed by atoms with Crippen LogP contribution in [0.2, 0.25) is 0 Å². The molecule has 1 heterocycles. The average molecular weight is 219 g/mol. The summed E-state index contributed by atoms with van der Waals surface area (Å²) in [5, 5.41) is 9.81. The molecule has 0 aromatic heterocycles. The Bertz CT molecular complexity index is 379. The van der Waals surface area contributed by atoms with Crippen molar-refractivity contribution in [2.24, 2.45) is 0 Å². The second-order valence-electron chi connectivity index (χ2n) is 5.28. The van der Waals surface area contributed by atoms with Gasteiger partial charge in [-0.3, -0.25) is 0 Å². The van der Waals surface area contributed by atoms with Crippen molar-refractivity contribution < 1.29 is 5.11 Å². The van der Waals surface area contributed by atoms with Gasteiger partial charge in [0.25, 0.3) is 0 Å². The minimum Gasteiger partial charge on any atom is -0.390 e. The molecule has 2 rings (SSSR count). The molecule has 1 aromatic carbocycles. The van der Waals surface area contributed by atoms with Gasteiger partial charge in [0, 0.05) is 25.2 Å². The van der Waals surface area contributed by atoms with Gasteiger partial charge in [-0.25, -0.2) is 0 Å². The van der Waals surface area contributed by atoms with Crippen molar-refractivity contribution in [2.75, 3.05) is 18.0 Å². The number of benzene rings is 1. The highest BCUT2D eigenvalue weighted by Gasteiger charge is 2.19. The maximum Gasteiger partial charge on any atom is 0.0631 e. The summed E-state index contributed by atoms with van der Waals surface area (Å²) in [5.41, 5.74) is 3.44. The monoisotopic (exact) mass is 219 g/mol. The van der Waals surface area contributed by atoms with Crippen molar-refractivity contribution in [3.8, 4) is 0 Å². The third-order valence-corrected chi connectivity index (χ3v) is 3.15. The van der Waals surface area contributed by atoms with Crippen LogP contribution in [0.25, 0.3) is 0 Å². The molecule has 0 amide bonds. The molecule has 0 atom stereocenters. The average Bonchev–Trinajstić information content (AvgIpc) is 2.57. The van der Waals surface area contributed by atoms with Crippen LogP contribution >= 0.6 is 0 Å². The minimum atomic E-state index is -0.614. The first-order valence-corrected chi connectivity index (χ1v) is 6.09. The summed E-state index contributed by atoms with van der Waals surface area (Å²) in [5.74, 6) is 0. The smallest absolute Gasteiger partial charge is 0.0631 e. The maximum absolute atomic E-state index is 9.81. The van der Waals surface area contributed by atoms with Crippen LogP contribution in [0, 0.1) is 0 Å². The molecule has 1 aliphatic heterocycles. The van der Waals surface area contributed by atoms with E-state index < -0.39 is 5.60 Å². The molecule has 0 radical (unpaired) electrons. The Labute approximate surface area is 97.9 Å². The van der Waals surface area contributed by atoms with Gasteiger partial charge in [-0.15, -0.1) is 0 Å². The lowest BCUT2D eigenvalue weighted by atomic mass is 9.97. The fourth-order valence-corrected chi connectivity index (χ4v) is 2.46. The van der Waals surface area contributed by atoms with E-state index >= 15 is 0 Å². The first-order valence-electron chi connectivity index (χ1n) is 6.09. The third kappa shape index (κ3) is 2.38. The van der Waals surface area contributed by atoms with Crippen LogP contribution in [0.5, 0.6) is 0 Å². The highest BCUT2D eigenvalue weighted by molar-refractivity contribution is 5.59. The van der Waals surface area contributed by atoms with E-state index in [4.69, 9.17) is 0 Å². The Morgan fingerprint density at radius 2 is 2.12 bits per heavy atom. The van der Waals surface area contributed by atoms with Gasteiger partial charge in [-0.2, -0.15) is 0 Å². The van der Waals surface area contributed by atoms with E-state index in [0.717, 1.165) is 25.9 Å². The predicted molar refractivity (Wildman–Crippen MR) is 68.0 cm³/mol. The van der Waals surface area contributed by atoms with E-state index in [-0.39, 0.29) is 0 Å². The molecule has 0 fully saturated rings. The lowest BCUT2D eigenvalue weighted by molar-refractivity contribution is 0.0810. The summed E-state index contributed by atoms with van der Waals surface area (Å²) < 4.78 is 0. The topological polar surface area (TPSA) is 23.5 Å². The fourth-order valence-electron chi connectivity index (χ4n) is 2.46. The van der Waals surface area contributed by atoms with Gasteiger partial charge in [-0.05, 0) is 44.4 Å². The largest absolute Gasteiger partial charge is 0.390 e. The molecule has 0 saturated carbocycles. The minimum absolute atomic E-state index is 0.614. The molecule has 0 aliphatic carbocycles. The number of aliphatic hydroxyl groups is 1. The van der Waals surface area contributed by atoms with Crippen LogP contribution in [-0.2, 0) is 12.8 Å². The molecule has 0 unspecified atom stereocenters. The lowest BCUT2D eigenvalue weighted by Crippen LogP contribution is -2.22. The van der Waals surface area contributed by atoms with Crippen LogP contribution in [0.15, 0.2) is 18.2 Å². The van der Waals surface area contributed by atoms with Crippen LogP contribution in [0.3, 0.4) is 0 Å². The Balaban J connectivity index is 2.21. The van der Waals surface area contributed by atoms with Crippen molar-refractivity contribution in [1.82, 2.24) is 0 Å². The molecule has 0 bridgehead atoms. The highest BCUT2D eigenvalue weighted by Crippen LogP contribution is 2.29. The van der Waals surface area contributed by atoms with E-state index in [0.29, 0.717) is 0 Å².